The van der Waals surface area contributed by atoms with E-state index in [1.807, 2.05) is 58.0 Å². The number of aliphatic hydroxyl groups is 4. The van der Waals surface area contributed by atoms with E-state index in [0.29, 0.717) is 19.3 Å². The molecule has 2 rings (SSSR count). The van der Waals surface area contributed by atoms with Gasteiger partial charge in [-0.15, -0.1) is 0 Å². The van der Waals surface area contributed by atoms with Crippen LogP contribution < -0.4 is 0 Å². The molecular formula is C25H38O6. The summed E-state index contributed by atoms with van der Waals surface area (Å²) < 4.78 is 5.59. The molecule has 1 aromatic carbocycles. The summed E-state index contributed by atoms with van der Waals surface area (Å²) in [5.41, 5.74) is 2.02. The lowest BCUT2D eigenvalue weighted by Crippen LogP contribution is -2.39. The molecule has 0 fully saturated rings. The van der Waals surface area contributed by atoms with Crippen LogP contribution in [0.3, 0.4) is 0 Å². The topological polar surface area (TPSA) is 107 Å². The van der Waals surface area contributed by atoms with Crippen molar-refractivity contribution in [2.75, 3.05) is 6.61 Å². The van der Waals surface area contributed by atoms with Gasteiger partial charge < -0.3 is 25.2 Å². The fourth-order valence-corrected chi connectivity index (χ4v) is 4.03. The van der Waals surface area contributed by atoms with Gasteiger partial charge in [-0.1, -0.05) is 51.1 Å². The van der Waals surface area contributed by atoms with Gasteiger partial charge >= 0.3 is 5.97 Å². The minimum absolute atomic E-state index is 0.000486. The largest absolute Gasteiger partial charge is 0.456 e. The lowest BCUT2D eigenvalue weighted by molar-refractivity contribution is -0.163. The highest BCUT2D eigenvalue weighted by Gasteiger charge is 2.33. The highest BCUT2D eigenvalue weighted by atomic mass is 16.6. The normalized spacial score (nSPS) is 29.0. The van der Waals surface area contributed by atoms with E-state index in [9.17, 15) is 25.2 Å². The van der Waals surface area contributed by atoms with Crippen molar-refractivity contribution >= 4 is 5.97 Å². The van der Waals surface area contributed by atoms with Gasteiger partial charge in [0.1, 0.15) is 6.10 Å². The van der Waals surface area contributed by atoms with E-state index >= 15 is 0 Å². The number of benzene rings is 1. The summed E-state index contributed by atoms with van der Waals surface area (Å²) in [5, 5.41) is 41.3. The first kappa shape index (κ1) is 25.5. The van der Waals surface area contributed by atoms with Gasteiger partial charge in [0.15, 0.2) is 6.10 Å². The molecule has 0 radical (unpaired) electrons. The molecule has 5 atom stereocenters. The molecule has 4 N–H and O–H groups in total. The van der Waals surface area contributed by atoms with Gasteiger partial charge in [0, 0.05) is 24.4 Å². The lowest BCUT2D eigenvalue weighted by Gasteiger charge is -2.32. The van der Waals surface area contributed by atoms with Crippen LogP contribution in [0, 0.1) is 5.92 Å². The molecule has 0 aromatic heterocycles. The second-order valence-electron chi connectivity index (χ2n) is 9.27. The summed E-state index contributed by atoms with van der Waals surface area (Å²) in [7, 11) is 0. The molecule has 6 nitrogen and oxygen atoms in total. The molecule has 0 unspecified atom stereocenters. The number of hydrogen-bond donors (Lipinski definition) is 4. The first-order valence-electron chi connectivity index (χ1n) is 11.2. The quantitative estimate of drug-likeness (QED) is 0.429. The fraction of sp³-hybridized carbons (Fsp3) is 0.640. The van der Waals surface area contributed by atoms with Crippen LogP contribution >= 0.6 is 0 Å². The zero-order valence-corrected chi connectivity index (χ0v) is 19.1. The summed E-state index contributed by atoms with van der Waals surface area (Å²) in [6, 6.07) is 7.54. The van der Waals surface area contributed by atoms with Crippen molar-refractivity contribution in [2.45, 2.75) is 89.6 Å². The lowest BCUT2D eigenvalue weighted by atomic mass is 9.76. The number of aliphatic hydroxyl groups excluding tert-OH is 4. The Labute approximate surface area is 185 Å². The van der Waals surface area contributed by atoms with Gasteiger partial charge in [-0.05, 0) is 49.3 Å². The molecule has 1 aliphatic heterocycles. The molecule has 31 heavy (non-hydrogen) atoms. The Morgan fingerprint density at radius 2 is 1.97 bits per heavy atom. The summed E-state index contributed by atoms with van der Waals surface area (Å²) in [5.74, 6) is -0.909. The Kier molecular flexibility index (Phi) is 9.25. The van der Waals surface area contributed by atoms with Crippen molar-refractivity contribution < 1.29 is 30.0 Å². The van der Waals surface area contributed by atoms with E-state index < -0.39 is 35.8 Å². The minimum Gasteiger partial charge on any atom is -0.456 e. The molecule has 1 heterocycles. The summed E-state index contributed by atoms with van der Waals surface area (Å²) >= 11 is 0. The van der Waals surface area contributed by atoms with Crippen LogP contribution in [0.4, 0.5) is 0 Å². The number of hydrogen-bond acceptors (Lipinski definition) is 6. The van der Waals surface area contributed by atoms with Crippen LogP contribution in [0.1, 0.15) is 64.5 Å². The first-order valence-corrected chi connectivity index (χ1v) is 11.2. The monoisotopic (exact) mass is 434 g/mol. The number of rotatable bonds is 4. The van der Waals surface area contributed by atoms with Crippen molar-refractivity contribution in [3.63, 3.8) is 0 Å². The first-order chi connectivity index (χ1) is 14.6. The molecule has 1 aromatic rings. The summed E-state index contributed by atoms with van der Waals surface area (Å²) in [6.07, 6.45) is 0.223. The Bertz CT molecular complexity index is 752. The predicted molar refractivity (Wildman–Crippen MR) is 120 cm³/mol. The molecule has 2 bridgehead atoms. The van der Waals surface area contributed by atoms with Crippen molar-refractivity contribution in [1.82, 2.24) is 0 Å². The highest BCUT2D eigenvalue weighted by Crippen LogP contribution is 2.32. The average Bonchev–Trinajstić information content (AvgIpc) is 2.75. The standard InChI is InChI=1S/C25H38O6/c1-5-17(15-26)12-16(2)21-10-7-11-22(28)25(3,4)19-9-6-8-18(13-19)14-20(27)23(29)24(30)31-21/h6,8-9,12-13,17,20-23,26-29H,5,7,10-11,14-15H2,1-4H3/b16-12-/t17-,20-,21+,22+,23+/m1/s1. The second kappa shape index (κ2) is 11.2. The number of cyclic esters (lactones) is 1. The molecule has 6 heteroatoms. The van der Waals surface area contributed by atoms with Gasteiger partial charge in [-0.2, -0.15) is 0 Å². The molecule has 174 valence electrons. The van der Waals surface area contributed by atoms with Crippen molar-refractivity contribution in [3.05, 3.63) is 47.0 Å². The number of carbonyl (C=O) groups is 1. The van der Waals surface area contributed by atoms with Crippen LogP contribution in [0.5, 0.6) is 0 Å². The maximum Gasteiger partial charge on any atom is 0.338 e. The van der Waals surface area contributed by atoms with Gasteiger partial charge in [0.2, 0.25) is 0 Å². The molecule has 0 spiro atoms. The van der Waals surface area contributed by atoms with Gasteiger partial charge in [0.25, 0.3) is 0 Å². The molecule has 1 aliphatic rings. The third-order valence-electron chi connectivity index (χ3n) is 6.52. The SMILES string of the molecule is CC[C@H](/C=C(/C)[C@@H]1CCC[C@H](O)C(C)(C)c2cccc(c2)C[C@@H](O)[C@H](O)C(=O)O1)CO. The van der Waals surface area contributed by atoms with E-state index in [0.717, 1.165) is 23.1 Å². The zero-order chi connectivity index (χ0) is 23.2. The van der Waals surface area contributed by atoms with Gasteiger partial charge in [-0.25, -0.2) is 4.79 Å². The molecule has 0 saturated carbocycles. The highest BCUT2D eigenvalue weighted by molar-refractivity contribution is 5.75. The molecule has 0 saturated heterocycles. The Morgan fingerprint density at radius 3 is 2.61 bits per heavy atom. The zero-order valence-electron chi connectivity index (χ0n) is 19.1. The third kappa shape index (κ3) is 6.62. The molecule has 0 aliphatic carbocycles. The van der Waals surface area contributed by atoms with E-state index in [1.165, 1.54) is 0 Å². The maximum atomic E-state index is 12.6. The number of fused-ring (bicyclic) bond motifs is 2. The number of ether oxygens (including phenoxy) is 1. The van der Waals surface area contributed by atoms with E-state index in [-0.39, 0.29) is 18.9 Å². The van der Waals surface area contributed by atoms with Crippen LogP contribution in [0.2, 0.25) is 0 Å². The predicted octanol–water partition coefficient (Wildman–Crippen LogP) is 2.65. The van der Waals surface area contributed by atoms with Crippen LogP contribution in [-0.4, -0.2) is 57.4 Å². The van der Waals surface area contributed by atoms with Crippen LogP contribution in [0.15, 0.2) is 35.9 Å². The summed E-state index contributed by atoms with van der Waals surface area (Å²) in [6.45, 7) is 7.79. The Morgan fingerprint density at radius 1 is 1.26 bits per heavy atom. The Balaban J connectivity index is 2.35. The van der Waals surface area contributed by atoms with Crippen LogP contribution in [-0.2, 0) is 21.4 Å². The third-order valence-corrected chi connectivity index (χ3v) is 6.52. The van der Waals surface area contributed by atoms with Gasteiger partial charge in [0.05, 0.1) is 12.2 Å². The second-order valence-corrected chi connectivity index (χ2v) is 9.27. The molecule has 0 amide bonds. The van der Waals surface area contributed by atoms with E-state index in [4.69, 9.17) is 4.74 Å². The fourth-order valence-electron chi connectivity index (χ4n) is 4.03. The Hall–Kier alpha value is -1.73. The van der Waals surface area contributed by atoms with Gasteiger partial charge in [-0.3, -0.25) is 0 Å². The summed E-state index contributed by atoms with van der Waals surface area (Å²) in [4.78, 5) is 12.6. The van der Waals surface area contributed by atoms with E-state index in [1.54, 1.807) is 0 Å². The van der Waals surface area contributed by atoms with E-state index in [2.05, 4.69) is 0 Å². The smallest absolute Gasteiger partial charge is 0.338 e. The van der Waals surface area contributed by atoms with Crippen molar-refractivity contribution in [3.8, 4) is 0 Å². The number of esters is 1. The van der Waals surface area contributed by atoms with Crippen molar-refractivity contribution in [1.29, 1.82) is 0 Å². The van der Waals surface area contributed by atoms with Crippen molar-refractivity contribution in [2.24, 2.45) is 5.92 Å². The minimum atomic E-state index is -1.65. The van der Waals surface area contributed by atoms with Crippen LogP contribution in [0.25, 0.3) is 0 Å². The number of carbonyl (C=O) groups excluding carboxylic acids is 1. The maximum absolute atomic E-state index is 12.6. The average molecular weight is 435 g/mol. The molecular weight excluding hydrogens is 396 g/mol.